The number of nitrogens with two attached hydrogens (primary N) is 1. The van der Waals surface area contributed by atoms with Gasteiger partial charge in [0.1, 0.15) is 18.4 Å². The summed E-state index contributed by atoms with van der Waals surface area (Å²) in [5, 5.41) is 4.40. The monoisotopic (exact) mass is 875 g/mol. The number of piperidine rings is 2. The smallest absolute Gasteiger partial charge is 0.329 e. The Morgan fingerprint density at radius 2 is 1.78 bits per heavy atom. The maximum atomic E-state index is 13.4. The van der Waals surface area contributed by atoms with E-state index in [1.54, 1.807) is 34.5 Å². The van der Waals surface area contributed by atoms with Gasteiger partial charge in [-0.05, 0) is 93.4 Å². The first-order valence-corrected chi connectivity index (χ1v) is 23.0. The fraction of sp³-hybridized carbons (Fsp3) is 0.551. The molecule has 2 aromatic carbocycles. The van der Waals surface area contributed by atoms with Crippen molar-refractivity contribution in [3.05, 3.63) is 63.7 Å². The van der Waals surface area contributed by atoms with E-state index in [1.165, 1.54) is 14.2 Å². The van der Waals surface area contributed by atoms with Crippen molar-refractivity contribution in [2.24, 2.45) is 30.5 Å². The summed E-state index contributed by atoms with van der Waals surface area (Å²) in [6.07, 6.45) is 11.7. The number of imidazole rings is 1. The topological polar surface area (TPSA) is 180 Å². The molecule has 2 aromatic heterocycles. The first-order chi connectivity index (χ1) is 30.9. The number of nitrogens with one attached hydrogen (secondary N) is 1. The molecule has 1 saturated carbocycles. The minimum Gasteiger partial charge on any atom is -0.496 e. The largest absolute Gasteiger partial charge is 0.496 e. The van der Waals surface area contributed by atoms with Crippen LogP contribution in [0.1, 0.15) is 105 Å². The molecule has 15 heteroatoms. The molecule has 0 radical (unpaired) electrons. The number of carbonyl (C=O) groups is 4. The van der Waals surface area contributed by atoms with E-state index in [2.05, 4.69) is 34.0 Å². The number of methoxy groups -OCH3 is 1. The minimum atomic E-state index is -0.684. The molecule has 8 rings (SSSR count). The van der Waals surface area contributed by atoms with Gasteiger partial charge in [0.15, 0.2) is 0 Å². The van der Waals surface area contributed by atoms with Gasteiger partial charge in [0, 0.05) is 76.1 Å². The van der Waals surface area contributed by atoms with Gasteiger partial charge < -0.3 is 30.2 Å². The van der Waals surface area contributed by atoms with E-state index in [1.807, 2.05) is 18.2 Å². The van der Waals surface area contributed by atoms with Crippen molar-refractivity contribution in [3.8, 4) is 23.5 Å². The number of hydrogen-bond acceptors (Lipinski definition) is 10. The average molecular weight is 876 g/mol. The molecule has 3 atom stereocenters. The second-order valence-corrected chi connectivity index (χ2v) is 18.1. The lowest BCUT2D eigenvalue weighted by Gasteiger charge is -2.36. The zero-order chi connectivity index (χ0) is 45.1. The van der Waals surface area contributed by atoms with Gasteiger partial charge in [0.2, 0.25) is 17.7 Å². The van der Waals surface area contributed by atoms with E-state index < -0.39 is 11.9 Å². The van der Waals surface area contributed by atoms with Crippen LogP contribution in [-0.4, -0.2) is 107 Å². The molecule has 0 bridgehead atoms. The van der Waals surface area contributed by atoms with Crippen LogP contribution in [0.25, 0.3) is 21.8 Å². The first-order valence-electron chi connectivity index (χ1n) is 23.0. The van der Waals surface area contributed by atoms with E-state index in [-0.39, 0.29) is 66.0 Å². The van der Waals surface area contributed by atoms with Crippen LogP contribution in [0.3, 0.4) is 0 Å². The number of amides is 4. The molecular weight excluding hydrogens is 815 g/mol. The second-order valence-electron chi connectivity index (χ2n) is 18.1. The highest BCUT2D eigenvalue weighted by atomic mass is 16.5. The Kier molecular flexibility index (Phi) is 13.7. The number of imide groups is 1. The van der Waals surface area contributed by atoms with Crippen LogP contribution in [0.4, 0.5) is 0 Å². The van der Waals surface area contributed by atoms with Crippen LogP contribution in [0.15, 0.2) is 41.3 Å². The van der Waals surface area contributed by atoms with Gasteiger partial charge in [0.25, 0.3) is 11.8 Å². The van der Waals surface area contributed by atoms with E-state index in [0.29, 0.717) is 47.9 Å². The van der Waals surface area contributed by atoms with Crippen LogP contribution in [0.5, 0.6) is 11.6 Å². The molecule has 3 N–H and O–H groups in total. The number of carbonyl (C=O) groups excluding carboxylic acids is 4. The van der Waals surface area contributed by atoms with Crippen molar-refractivity contribution in [2.45, 2.75) is 102 Å². The number of ether oxygens (including phenoxy) is 3. The van der Waals surface area contributed by atoms with Crippen molar-refractivity contribution in [2.75, 3.05) is 47.0 Å². The number of pyridine rings is 1. The van der Waals surface area contributed by atoms with E-state index >= 15 is 0 Å². The number of aryl methyl sites for hydroxylation is 2. The summed E-state index contributed by atoms with van der Waals surface area (Å²) in [5.41, 5.74) is 9.06. The Morgan fingerprint density at radius 1 is 1.00 bits per heavy atom. The highest BCUT2D eigenvalue weighted by Gasteiger charge is 2.36. The molecule has 1 aliphatic carbocycles. The number of benzene rings is 2. The highest BCUT2D eigenvalue weighted by Crippen LogP contribution is 2.35. The fourth-order valence-corrected chi connectivity index (χ4v) is 10.3. The summed E-state index contributed by atoms with van der Waals surface area (Å²) in [4.78, 5) is 71.4. The predicted octanol–water partition coefficient (Wildman–Crippen LogP) is 4.88. The number of hydrogen-bond donors (Lipinski definition) is 2. The lowest BCUT2D eigenvalue weighted by atomic mass is 9.81. The number of likely N-dealkylation sites (tertiary alicyclic amines) is 2. The lowest BCUT2D eigenvalue weighted by molar-refractivity contribution is -0.149. The highest BCUT2D eigenvalue weighted by molar-refractivity contribution is 6.03. The van der Waals surface area contributed by atoms with Crippen molar-refractivity contribution >= 4 is 45.4 Å². The average Bonchev–Trinajstić information content (AvgIpc) is 3.80. The molecule has 15 nitrogen and oxygen atoms in total. The molecule has 1 unspecified atom stereocenters. The molecule has 4 aromatic rings. The molecule has 340 valence electrons. The number of likely N-dealkylation sites (N-methyl/N-ethyl adjacent to an activating group) is 1. The summed E-state index contributed by atoms with van der Waals surface area (Å²) in [5.74, 6) is 7.60. The quantitative estimate of drug-likeness (QED) is 0.101. The second kappa shape index (κ2) is 19.6. The summed E-state index contributed by atoms with van der Waals surface area (Å²) < 4.78 is 21.3. The van der Waals surface area contributed by atoms with Gasteiger partial charge in [-0.1, -0.05) is 37.3 Å². The molecule has 4 aliphatic rings. The zero-order valence-corrected chi connectivity index (χ0v) is 37.5. The number of primary amides is 1. The number of para-hydroxylation sites is 1. The SMILES string of the molecule is CC[C@@H]1CC(=O)N[C@@H]1COc1ncc(C#C[C@H]2CC[C@H](CN3CCC(OCCCc4cccc5c4n(C)c(=O)n5C4CCC(=O)N(C)C4=O)CC3)CC2)c2cc(C(N)=O)c(OC)cc12. The van der Waals surface area contributed by atoms with Crippen LogP contribution < -0.4 is 26.2 Å². The summed E-state index contributed by atoms with van der Waals surface area (Å²) in [7, 11) is 4.73. The molecule has 4 amide bonds. The van der Waals surface area contributed by atoms with Crippen molar-refractivity contribution in [3.63, 3.8) is 0 Å². The number of rotatable bonds is 14. The zero-order valence-electron chi connectivity index (χ0n) is 37.5. The van der Waals surface area contributed by atoms with Crippen LogP contribution in [0.2, 0.25) is 0 Å². The lowest BCUT2D eigenvalue weighted by Crippen LogP contribution is -2.45. The molecule has 4 fully saturated rings. The normalized spacial score (nSPS) is 23.3. The summed E-state index contributed by atoms with van der Waals surface area (Å²) in [6, 6.07) is 8.53. The Hall–Kier alpha value is -5.72. The van der Waals surface area contributed by atoms with Gasteiger partial charge in [0.05, 0.1) is 41.4 Å². The number of aromatic nitrogens is 3. The Balaban J connectivity index is 0.807. The predicted molar refractivity (Wildman–Crippen MR) is 242 cm³/mol. The van der Waals surface area contributed by atoms with E-state index in [9.17, 15) is 24.0 Å². The van der Waals surface area contributed by atoms with Gasteiger partial charge in [-0.3, -0.25) is 33.2 Å². The Bertz CT molecular complexity index is 2540. The molecule has 0 spiro atoms. The van der Waals surface area contributed by atoms with Crippen LogP contribution >= 0.6 is 0 Å². The van der Waals surface area contributed by atoms with Gasteiger partial charge in [-0.15, -0.1) is 0 Å². The maximum absolute atomic E-state index is 13.4. The van der Waals surface area contributed by atoms with Gasteiger partial charge >= 0.3 is 5.69 Å². The molecule has 3 saturated heterocycles. The van der Waals surface area contributed by atoms with Crippen molar-refractivity contribution in [1.82, 2.24) is 29.2 Å². The summed E-state index contributed by atoms with van der Waals surface area (Å²) in [6.45, 7) is 6.12. The first kappa shape index (κ1) is 44.9. The van der Waals surface area contributed by atoms with E-state index in [4.69, 9.17) is 19.9 Å². The third-order valence-electron chi connectivity index (χ3n) is 14.1. The third-order valence-corrected chi connectivity index (χ3v) is 14.1. The standard InChI is InChI=1S/C49H61N7O8/c1-5-32-24-43(57)52-39(32)29-64-47-37-26-42(62-4)38(46(50)59)25-36(37)34(27-51-47)16-15-30-11-13-31(14-12-30)28-55-21-19-35(20-22-55)63-23-7-9-33-8-6-10-40-45(33)54(3)49(61)56(40)41-17-18-44(58)53(2)48(41)60/h6,8,10,25-27,30-32,35,39,41H,5,7,9,11-14,17-24,28-29H2,1-4H3,(H2,50,59)(H,52,57)/t30-,31-,32-,39-,41?/m1/s1. The third kappa shape index (κ3) is 9.40. The Labute approximate surface area is 373 Å². The molecular formula is C49H61N7O8. The van der Waals surface area contributed by atoms with Crippen molar-refractivity contribution < 1.29 is 33.4 Å². The number of nitrogens with zero attached hydrogens (tertiary/aromatic N) is 5. The fourth-order valence-electron chi connectivity index (χ4n) is 10.3. The maximum Gasteiger partial charge on any atom is 0.329 e. The summed E-state index contributed by atoms with van der Waals surface area (Å²) >= 11 is 0. The van der Waals surface area contributed by atoms with Gasteiger partial charge in [-0.25, -0.2) is 9.78 Å². The molecule has 3 aliphatic heterocycles. The van der Waals surface area contributed by atoms with Crippen LogP contribution in [0, 0.1) is 29.6 Å². The molecule has 5 heterocycles. The minimum absolute atomic E-state index is 0.0308. The number of fused-ring (bicyclic) bond motifs is 2. The van der Waals surface area contributed by atoms with E-state index in [0.717, 1.165) is 104 Å². The van der Waals surface area contributed by atoms with Gasteiger partial charge in [-0.2, -0.15) is 0 Å². The Morgan fingerprint density at radius 3 is 2.52 bits per heavy atom. The van der Waals surface area contributed by atoms with Crippen molar-refractivity contribution in [1.29, 1.82) is 0 Å². The molecule has 64 heavy (non-hydrogen) atoms. The van der Waals surface area contributed by atoms with Crippen LogP contribution in [-0.2, 0) is 32.6 Å².